The van der Waals surface area contributed by atoms with E-state index < -0.39 is 0 Å². The lowest BCUT2D eigenvalue weighted by Crippen LogP contribution is -1.93. The molecule has 0 saturated heterocycles. The third kappa shape index (κ3) is 2.95. The average Bonchev–Trinajstić information content (AvgIpc) is 2.39. The normalized spacial score (nSPS) is 12.8. The summed E-state index contributed by atoms with van der Waals surface area (Å²) in [7, 11) is 0. The summed E-state index contributed by atoms with van der Waals surface area (Å²) in [5.41, 5.74) is 2.80. The lowest BCUT2D eigenvalue weighted by molar-refractivity contribution is 0.665. The molecule has 0 radical (unpaired) electrons. The molecule has 0 aliphatic rings. The van der Waals surface area contributed by atoms with Crippen LogP contribution >= 0.6 is 15.9 Å². The van der Waals surface area contributed by atoms with Gasteiger partial charge >= 0.3 is 0 Å². The predicted molar refractivity (Wildman–Crippen MR) is 84.5 cm³/mol. The predicted octanol–water partition coefficient (Wildman–Crippen LogP) is 6.16. The van der Waals surface area contributed by atoms with Crippen molar-refractivity contribution in [2.24, 2.45) is 0 Å². The minimum absolute atomic E-state index is 0.481. The average molecular weight is 305 g/mol. The van der Waals surface area contributed by atoms with Crippen LogP contribution in [0.1, 0.15) is 48.6 Å². The smallest absolute Gasteiger partial charge is 0.0401 e. The summed E-state index contributed by atoms with van der Waals surface area (Å²) in [6.07, 6.45) is 5.13. The molecule has 2 aromatic carbocycles. The highest BCUT2D eigenvalue weighted by atomic mass is 79.9. The van der Waals surface area contributed by atoms with Gasteiger partial charge in [-0.2, -0.15) is 0 Å². The Balaban J connectivity index is 2.30. The quantitative estimate of drug-likeness (QED) is 0.458. The molecule has 0 spiro atoms. The molecule has 0 aliphatic carbocycles. The van der Waals surface area contributed by atoms with Gasteiger partial charge in [0.15, 0.2) is 0 Å². The molecule has 0 bridgehead atoms. The Morgan fingerprint density at radius 1 is 1.00 bits per heavy atom. The molecule has 0 heterocycles. The maximum atomic E-state index is 3.86. The molecule has 0 aliphatic heterocycles. The molecular weight excluding hydrogens is 284 g/mol. The fraction of sp³-hybridized carbons (Fsp3) is 0.412. The number of alkyl halides is 1. The van der Waals surface area contributed by atoms with Crippen LogP contribution < -0.4 is 0 Å². The van der Waals surface area contributed by atoms with Crippen molar-refractivity contribution < 1.29 is 0 Å². The molecule has 1 unspecified atom stereocenters. The summed E-state index contributed by atoms with van der Waals surface area (Å²) in [6, 6.07) is 13.2. The van der Waals surface area contributed by atoms with Gasteiger partial charge in [0, 0.05) is 4.83 Å². The molecule has 0 fully saturated rings. The molecule has 2 aromatic rings. The van der Waals surface area contributed by atoms with Crippen molar-refractivity contribution >= 4 is 26.7 Å². The first-order chi connectivity index (χ1) is 8.74. The zero-order valence-corrected chi connectivity index (χ0v) is 12.8. The van der Waals surface area contributed by atoms with Gasteiger partial charge in [0.05, 0.1) is 0 Å². The van der Waals surface area contributed by atoms with Gasteiger partial charge < -0.3 is 0 Å². The maximum Gasteiger partial charge on any atom is 0.0401 e. The van der Waals surface area contributed by atoms with Crippen molar-refractivity contribution in [3.8, 4) is 0 Å². The Bertz CT molecular complexity index is 516. The van der Waals surface area contributed by atoms with E-state index in [9.17, 15) is 0 Å². The molecule has 0 amide bonds. The van der Waals surface area contributed by atoms with Crippen LogP contribution in [0, 0.1) is 6.92 Å². The van der Waals surface area contributed by atoms with Crippen LogP contribution in [0.25, 0.3) is 10.8 Å². The van der Waals surface area contributed by atoms with Gasteiger partial charge in [-0.3, -0.25) is 0 Å². The van der Waals surface area contributed by atoms with E-state index in [1.165, 1.54) is 47.6 Å². The van der Waals surface area contributed by atoms with E-state index in [0.29, 0.717) is 4.83 Å². The number of benzene rings is 2. The zero-order chi connectivity index (χ0) is 13.0. The first-order valence-electron chi connectivity index (χ1n) is 6.86. The second kappa shape index (κ2) is 6.38. The second-order valence-corrected chi connectivity index (χ2v) is 6.09. The Morgan fingerprint density at radius 3 is 2.44 bits per heavy atom. The highest BCUT2D eigenvalue weighted by Gasteiger charge is 2.11. The Morgan fingerprint density at radius 2 is 1.72 bits per heavy atom. The number of halogens is 1. The summed E-state index contributed by atoms with van der Waals surface area (Å²) < 4.78 is 0. The molecule has 2 rings (SSSR count). The number of hydrogen-bond acceptors (Lipinski definition) is 0. The fourth-order valence-corrected chi connectivity index (χ4v) is 3.20. The van der Waals surface area contributed by atoms with Gasteiger partial charge in [-0.1, -0.05) is 78.5 Å². The number of unbranched alkanes of at least 4 members (excludes halogenated alkanes) is 2. The van der Waals surface area contributed by atoms with E-state index in [4.69, 9.17) is 0 Å². The number of aryl methyl sites for hydroxylation is 1. The molecule has 1 heteroatoms. The summed E-state index contributed by atoms with van der Waals surface area (Å²) >= 11 is 3.86. The van der Waals surface area contributed by atoms with Crippen LogP contribution in [0.2, 0.25) is 0 Å². The molecule has 0 N–H and O–H groups in total. The van der Waals surface area contributed by atoms with Crippen molar-refractivity contribution in [3.05, 3.63) is 47.5 Å². The van der Waals surface area contributed by atoms with Crippen LogP contribution in [-0.2, 0) is 0 Å². The van der Waals surface area contributed by atoms with Crippen molar-refractivity contribution in [3.63, 3.8) is 0 Å². The van der Waals surface area contributed by atoms with Gasteiger partial charge in [0.2, 0.25) is 0 Å². The molecule has 0 aromatic heterocycles. The first kappa shape index (κ1) is 13.6. The van der Waals surface area contributed by atoms with Crippen LogP contribution in [0.4, 0.5) is 0 Å². The third-order valence-corrected chi connectivity index (χ3v) is 4.53. The summed E-state index contributed by atoms with van der Waals surface area (Å²) in [5.74, 6) is 0. The minimum atomic E-state index is 0.481. The maximum absolute atomic E-state index is 3.86. The van der Waals surface area contributed by atoms with Crippen LogP contribution in [0.15, 0.2) is 36.4 Å². The minimum Gasteiger partial charge on any atom is -0.0839 e. The number of rotatable bonds is 5. The Labute approximate surface area is 119 Å². The molecule has 1 atom stereocenters. The Hall–Kier alpha value is -0.820. The van der Waals surface area contributed by atoms with Crippen LogP contribution in [-0.4, -0.2) is 0 Å². The van der Waals surface area contributed by atoms with Gasteiger partial charge in [-0.25, -0.2) is 0 Å². The van der Waals surface area contributed by atoms with Gasteiger partial charge in [-0.05, 0) is 35.2 Å². The van der Waals surface area contributed by atoms with E-state index in [1.807, 2.05) is 0 Å². The monoisotopic (exact) mass is 304 g/mol. The first-order valence-corrected chi connectivity index (χ1v) is 7.78. The molecular formula is C17H21Br. The topological polar surface area (TPSA) is 0 Å². The highest BCUT2D eigenvalue weighted by molar-refractivity contribution is 9.09. The Kier molecular flexibility index (Phi) is 4.82. The number of fused-ring (bicyclic) bond motifs is 1. The zero-order valence-electron chi connectivity index (χ0n) is 11.2. The van der Waals surface area contributed by atoms with E-state index in [1.54, 1.807) is 0 Å². The van der Waals surface area contributed by atoms with Crippen molar-refractivity contribution in [1.82, 2.24) is 0 Å². The van der Waals surface area contributed by atoms with Crippen molar-refractivity contribution in [2.45, 2.75) is 44.4 Å². The largest absolute Gasteiger partial charge is 0.0839 e. The summed E-state index contributed by atoms with van der Waals surface area (Å²) in [4.78, 5) is 0.481. The van der Waals surface area contributed by atoms with E-state index in [0.717, 1.165) is 0 Å². The summed E-state index contributed by atoms with van der Waals surface area (Å²) in [6.45, 7) is 4.44. The van der Waals surface area contributed by atoms with E-state index in [-0.39, 0.29) is 0 Å². The van der Waals surface area contributed by atoms with E-state index >= 15 is 0 Å². The van der Waals surface area contributed by atoms with Gasteiger partial charge in [0.1, 0.15) is 0 Å². The van der Waals surface area contributed by atoms with E-state index in [2.05, 4.69) is 66.2 Å². The van der Waals surface area contributed by atoms with Crippen molar-refractivity contribution in [1.29, 1.82) is 0 Å². The molecule has 96 valence electrons. The van der Waals surface area contributed by atoms with Gasteiger partial charge in [0.25, 0.3) is 0 Å². The van der Waals surface area contributed by atoms with Gasteiger partial charge in [-0.15, -0.1) is 0 Å². The van der Waals surface area contributed by atoms with Crippen LogP contribution in [0.5, 0.6) is 0 Å². The molecule has 0 nitrogen and oxygen atoms in total. The second-order valence-electron chi connectivity index (χ2n) is 4.98. The lowest BCUT2D eigenvalue weighted by Gasteiger charge is -2.14. The van der Waals surface area contributed by atoms with Crippen molar-refractivity contribution in [2.75, 3.05) is 0 Å². The SMILES string of the molecule is CCCCCC(Br)c1ccc(C)c2ccccc12. The third-order valence-electron chi connectivity index (χ3n) is 3.57. The lowest BCUT2D eigenvalue weighted by atomic mass is 9.96. The molecule has 0 saturated carbocycles. The molecule has 18 heavy (non-hydrogen) atoms. The standard InChI is InChI=1S/C17H21Br/c1-3-4-5-10-17(18)16-12-11-13(2)14-8-6-7-9-15(14)16/h6-9,11-12,17H,3-5,10H2,1-2H3. The fourth-order valence-electron chi connectivity index (χ4n) is 2.48. The highest BCUT2D eigenvalue weighted by Crippen LogP contribution is 2.34. The summed E-state index contributed by atoms with van der Waals surface area (Å²) in [5, 5.41) is 2.78. The van der Waals surface area contributed by atoms with Crippen LogP contribution in [0.3, 0.4) is 0 Å². The number of hydrogen-bond donors (Lipinski definition) is 0.